The van der Waals surface area contributed by atoms with Crippen molar-refractivity contribution in [3.63, 3.8) is 0 Å². The number of thioether (sulfide) groups is 1. The average molecular weight is 371 g/mol. The largest absolute Gasteiger partial charge is 0.332 e. The number of rotatable bonds is 4. The van der Waals surface area contributed by atoms with E-state index < -0.39 is 0 Å². The normalized spacial score (nSPS) is 33.0. The van der Waals surface area contributed by atoms with Crippen molar-refractivity contribution in [3.05, 3.63) is 34.8 Å². The minimum absolute atomic E-state index is 0.735. The molecule has 2 aromatic rings. The highest BCUT2D eigenvalue weighted by Crippen LogP contribution is 2.60. The Balaban J connectivity index is 1.38. The fourth-order valence-corrected chi connectivity index (χ4v) is 7.24. The molecule has 0 radical (unpaired) electrons. The number of anilines is 2. The number of thiazole rings is 1. The van der Waals surface area contributed by atoms with Crippen LogP contribution < -0.4 is 5.32 Å². The van der Waals surface area contributed by atoms with E-state index in [1.165, 1.54) is 47.6 Å². The van der Waals surface area contributed by atoms with E-state index in [-0.39, 0.29) is 0 Å². The number of hydrogen-bond acceptors (Lipinski definition) is 4. The van der Waals surface area contributed by atoms with Gasteiger partial charge in [0.05, 0.1) is 5.69 Å². The van der Waals surface area contributed by atoms with Gasteiger partial charge in [-0.25, -0.2) is 4.98 Å². The SMILES string of the molecule is CSc1ccc(Nc2nc(C3C4CC5CC(C4)CC3C5)c(C)s2)cc1. The quantitative estimate of drug-likeness (QED) is 0.625. The Morgan fingerprint density at radius 2 is 1.64 bits per heavy atom. The van der Waals surface area contributed by atoms with Crippen LogP contribution in [0.25, 0.3) is 0 Å². The molecule has 0 atom stereocenters. The molecule has 0 unspecified atom stereocenters. The zero-order valence-corrected chi connectivity index (χ0v) is 16.6. The maximum atomic E-state index is 5.10. The molecule has 6 rings (SSSR count). The standard InChI is InChI=1S/C21H26N2S2/c1-12-20(19-15-8-13-7-14(10-15)11-16(19)9-13)23-21(25-12)22-17-3-5-18(24-2)6-4-17/h3-6,13-16,19H,7-11H2,1-2H3,(H,22,23). The zero-order chi connectivity index (χ0) is 17.0. The molecule has 0 aliphatic heterocycles. The first-order chi connectivity index (χ1) is 12.2. The highest BCUT2D eigenvalue weighted by atomic mass is 32.2. The first-order valence-corrected chi connectivity index (χ1v) is 11.6. The second-order valence-corrected chi connectivity index (χ2v) is 10.4. The van der Waals surface area contributed by atoms with Crippen molar-refractivity contribution in [2.24, 2.45) is 23.7 Å². The summed E-state index contributed by atoms with van der Waals surface area (Å²) in [6.07, 6.45) is 9.50. The Bertz CT molecular complexity index is 737. The fourth-order valence-electron chi connectivity index (χ4n) is 5.94. The minimum Gasteiger partial charge on any atom is -0.332 e. The van der Waals surface area contributed by atoms with Gasteiger partial charge in [-0.1, -0.05) is 0 Å². The average Bonchev–Trinajstić information content (AvgIpc) is 2.95. The lowest BCUT2D eigenvalue weighted by Crippen LogP contribution is -2.44. The van der Waals surface area contributed by atoms with Gasteiger partial charge in [0.25, 0.3) is 0 Å². The summed E-state index contributed by atoms with van der Waals surface area (Å²) >= 11 is 3.62. The van der Waals surface area contributed by atoms with Gasteiger partial charge in [0, 0.05) is 21.4 Å². The molecule has 4 aliphatic carbocycles. The molecule has 4 heteroatoms. The van der Waals surface area contributed by atoms with Crippen molar-refractivity contribution in [1.29, 1.82) is 0 Å². The molecule has 4 saturated carbocycles. The van der Waals surface area contributed by atoms with E-state index in [0.717, 1.165) is 40.4 Å². The molecule has 0 spiro atoms. The molecule has 1 aromatic carbocycles. The molecule has 1 N–H and O–H groups in total. The minimum atomic E-state index is 0.735. The summed E-state index contributed by atoms with van der Waals surface area (Å²) in [5, 5.41) is 4.60. The Labute approximate surface area is 158 Å². The second kappa shape index (κ2) is 6.31. The summed E-state index contributed by atoms with van der Waals surface area (Å²) in [5.74, 6) is 4.62. The maximum absolute atomic E-state index is 5.10. The summed E-state index contributed by atoms with van der Waals surface area (Å²) in [6, 6.07) is 8.66. The number of hydrogen-bond donors (Lipinski definition) is 1. The summed E-state index contributed by atoms with van der Waals surface area (Å²) in [5.41, 5.74) is 2.56. The fraction of sp³-hybridized carbons (Fsp3) is 0.571. The van der Waals surface area contributed by atoms with Crippen molar-refractivity contribution in [2.45, 2.75) is 49.8 Å². The lowest BCUT2D eigenvalue weighted by Gasteiger charge is -2.54. The Hall–Kier alpha value is -1.00. The molecule has 1 aromatic heterocycles. The molecule has 4 fully saturated rings. The summed E-state index contributed by atoms with van der Waals surface area (Å²) in [7, 11) is 0. The van der Waals surface area contributed by atoms with Gasteiger partial charge in [-0.05, 0) is 93.2 Å². The van der Waals surface area contributed by atoms with Crippen LogP contribution in [0.4, 0.5) is 10.8 Å². The molecule has 1 heterocycles. The van der Waals surface area contributed by atoms with Crippen LogP contribution in [-0.2, 0) is 0 Å². The predicted molar refractivity (Wildman–Crippen MR) is 108 cm³/mol. The van der Waals surface area contributed by atoms with Gasteiger partial charge in [-0.3, -0.25) is 0 Å². The van der Waals surface area contributed by atoms with Gasteiger partial charge in [0.15, 0.2) is 5.13 Å². The van der Waals surface area contributed by atoms with Crippen LogP contribution in [0.5, 0.6) is 0 Å². The monoisotopic (exact) mass is 370 g/mol. The van der Waals surface area contributed by atoms with Crippen molar-refractivity contribution >= 4 is 33.9 Å². The van der Waals surface area contributed by atoms with Crippen molar-refractivity contribution in [1.82, 2.24) is 4.98 Å². The number of nitrogens with zero attached hydrogens (tertiary/aromatic N) is 1. The number of benzene rings is 1. The van der Waals surface area contributed by atoms with Gasteiger partial charge in [0.2, 0.25) is 0 Å². The number of nitrogens with one attached hydrogen (secondary N) is 1. The van der Waals surface area contributed by atoms with Crippen LogP contribution in [0.3, 0.4) is 0 Å². The molecular weight excluding hydrogens is 344 g/mol. The van der Waals surface area contributed by atoms with Gasteiger partial charge >= 0.3 is 0 Å². The van der Waals surface area contributed by atoms with Crippen LogP contribution in [0.2, 0.25) is 0 Å². The first kappa shape index (κ1) is 16.2. The van der Waals surface area contributed by atoms with E-state index in [4.69, 9.17) is 4.98 Å². The van der Waals surface area contributed by atoms with E-state index in [0.29, 0.717) is 0 Å². The third kappa shape index (κ3) is 2.91. The summed E-state index contributed by atoms with van der Waals surface area (Å²) in [4.78, 5) is 7.83. The van der Waals surface area contributed by atoms with E-state index >= 15 is 0 Å². The molecular formula is C21H26N2S2. The molecule has 0 saturated heterocycles. The lowest BCUT2D eigenvalue weighted by atomic mass is 9.51. The number of aryl methyl sites for hydroxylation is 1. The van der Waals surface area contributed by atoms with Crippen LogP contribution in [-0.4, -0.2) is 11.2 Å². The third-order valence-corrected chi connectivity index (χ3v) is 8.36. The van der Waals surface area contributed by atoms with E-state index in [1.807, 2.05) is 11.3 Å². The molecule has 0 amide bonds. The topological polar surface area (TPSA) is 24.9 Å². The Morgan fingerprint density at radius 1 is 1.00 bits per heavy atom. The molecule has 4 bridgehead atoms. The van der Waals surface area contributed by atoms with Gasteiger partial charge in [-0.2, -0.15) is 0 Å². The third-order valence-electron chi connectivity index (χ3n) is 6.72. The summed E-state index contributed by atoms with van der Waals surface area (Å²) in [6.45, 7) is 2.28. The van der Waals surface area contributed by atoms with Crippen LogP contribution in [0.15, 0.2) is 29.2 Å². The van der Waals surface area contributed by atoms with Crippen molar-refractivity contribution in [2.75, 3.05) is 11.6 Å². The van der Waals surface area contributed by atoms with Gasteiger partial charge < -0.3 is 5.32 Å². The van der Waals surface area contributed by atoms with E-state index in [9.17, 15) is 0 Å². The highest BCUT2D eigenvalue weighted by Gasteiger charge is 2.49. The van der Waals surface area contributed by atoms with Gasteiger partial charge in [0.1, 0.15) is 0 Å². The molecule has 4 aliphatic rings. The van der Waals surface area contributed by atoms with Crippen LogP contribution >= 0.6 is 23.1 Å². The van der Waals surface area contributed by atoms with Gasteiger partial charge in [-0.15, -0.1) is 23.1 Å². The number of aromatic nitrogens is 1. The van der Waals surface area contributed by atoms with E-state index in [2.05, 4.69) is 42.8 Å². The highest BCUT2D eigenvalue weighted by molar-refractivity contribution is 7.98. The van der Waals surface area contributed by atoms with Crippen molar-refractivity contribution < 1.29 is 0 Å². The summed E-state index contributed by atoms with van der Waals surface area (Å²) < 4.78 is 0. The smallest absolute Gasteiger partial charge is 0.187 e. The molecule has 132 valence electrons. The van der Waals surface area contributed by atoms with Crippen LogP contribution in [0.1, 0.15) is 48.6 Å². The second-order valence-electron chi connectivity index (χ2n) is 8.27. The molecule has 25 heavy (non-hydrogen) atoms. The lowest BCUT2D eigenvalue weighted by molar-refractivity contribution is -0.00412. The molecule has 2 nitrogen and oxygen atoms in total. The first-order valence-electron chi connectivity index (χ1n) is 9.58. The van der Waals surface area contributed by atoms with Crippen LogP contribution in [0, 0.1) is 30.6 Å². The Morgan fingerprint density at radius 3 is 2.24 bits per heavy atom. The maximum Gasteiger partial charge on any atom is 0.187 e. The van der Waals surface area contributed by atoms with E-state index in [1.54, 1.807) is 11.8 Å². The Kier molecular flexibility index (Phi) is 4.09. The van der Waals surface area contributed by atoms with Crippen molar-refractivity contribution in [3.8, 4) is 0 Å². The predicted octanol–water partition coefficient (Wildman–Crippen LogP) is 6.46. The zero-order valence-electron chi connectivity index (χ0n) is 15.0.